The lowest BCUT2D eigenvalue weighted by molar-refractivity contribution is 0.101. The SMILES string of the molecule is COc1ccc(NC(=O)c2ccc(-c3ccc(C(C)=O)cc3)cc2)cc1OCCN(C)C. The summed E-state index contributed by atoms with van der Waals surface area (Å²) in [7, 11) is 5.54. The first kappa shape index (κ1) is 23.0. The zero-order chi connectivity index (χ0) is 23.1. The molecule has 0 spiro atoms. The number of amides is 1. The molecule has 3 aromatic rings. The molecule has 0 saturated heterocycles. The summed E-state index contributed by atoms with van der Waals surface area (Å²) in [5.41, 5.74) is 3.79. The highest BCUT2D eigenvalue weighted by Gasteiger charge is 2.11. The number of methoxy groups -OCH3 is 1. The van der Waals surface area contributed by atoms with E-state index in [0.29, 0.717) is 34.9 Å². The summed E-state index contributed by atoms with van der Waals surface area (Å²) >= 11 is 0. The van der Waals surface area contributed by atoms with Crippen LogP contribution in [0.3, 0.4) is 0 Å². The molecule has 0 aromatic heterocycles. The van der Waals surface area contributed by atoms with Crippen molar-refractivity contribution in [1.29, 1.82) is 0 Å². The fraction of sp³-hybridized carbons (Fsp3) is 0.231. The Balaban J connectivity index is 1.69. The van der Waals surface area contributed by atoms with Gasteiger partial charge in [-0.1, -0.05) is 36.4 Å². The van der Waals surface area contributed by atoms with Gasteiger partial charge in [-0.2, -0.15) is 0 Å². The molecule has 32 heavy (non-hydrogen) atoms. The first-order valence-corrected chi connectivity index (χ1v) is 10.4. The smallest absolute Gasteiger partial charge is 0.255 e. The van der Waals surface area contributed by atoms with Crippen molar-refractivity contribution in [1.82, 2.24) is 4.90 Å². The molecule has 3 rings (SSSR count). The van der Waals surface area contributed by atoms with Gasteiger partial charge in [-0.3, -0.25) is 9.59 Å². The van der Waals surface area contributed by atoms with E-state index in [1.807, 2.05) is 43.3 Å². The molecule has 6 heteroatoms. The Hall–Kier alpha value is -3.64. The van der Waals surface area contributed by atoms with Gasteiger partial charge in [-0.25, -0.2) is 0 Å². The average molecular weight is 433 g/mol. The van der Waals surface area contributed by atoms with E-state index < -0.39 is 0 Å². The summed E-state index contributed by atoms with van der Waals surface area (Å²) in [5.74, 6) is 1.01. The van der Waals surface area contributed by atoms with Crippen LogP contribution in [0.2, 0.25) is 0 Å². The van der Waals surface area contributed by atoms with Crippen molar-refractivity contribution in [2.24, 2.45) is 0 Å². The number of likely N-dealkylation sites (N-methyl/N-ethyl adjacent to an activating group) is 1. The fourth-order valence-electron chi connectivity index (χ4n) is 3.12. The Kier molecular flexibility index (Phi) is 7.63. The molecule has 0 aliphatic heterocycles. The fourth-order valence-corrected chi connectivity index (χ4v) is 3.12. The zero-order valence-electron chi connectivity index (χ0n) is 18.8. The van der Waals surface area contributed by atoms with Gasteiger partial charge in [0.1, 0.15) is 6.61 Å². The largest absolute Gasteiger partial charge is 0.493 e. The molecule has 0 aliphatic rings. The van der Waals surface area contributed by atoms with E-state index in [1.54, 1.807) is 56.5 Å². The van der Waals surface area contributed by atoms with Gasteiger partial charge in [0, 0.05) is 29.4 Å². The number of anilines is 1. The predicted molar refractivity (Wildman–Crippen MR) is 127 cm³/mol. The minimum atomic E-state index is -0.215. The number of hydrogen-bond acceptors (Lipinski definition) is 5. The van der Waals surface area contributed by atoms with Crippen LogP contribution in [0.25, 0.3) is 11.1 Å². The van der Waals surface area contributed by atoms with Crippen molar-refractivity contribution in [3.63, 3.8) is 0 Å². The van der Waals surface area contributed by atoms with Gasteiger partial charge in [0.2, 0.25) is 0 Å². The number of nitrogens with zero attached hydrogens (tertiary/aromatic N) is 1. The number of benzene rings is 3. The summed E-state index contributed by atoms with van der Waals surface area (Å²) in [5, 5.41) is 2.91. The third-order valence-electron chi connectivity index (χ3n) is 4.99. The maximum atomic E-state index is 12.7. The summed E-state index contributed by atoms with van der Waals surface area (Å²) < 4.78 is 11.2. The first-order valence-electron chi connectivity index (χ1n) is 10.4. The maximum absolute atomic E-state index is 12.7. The number of ether oxygens (including phenoxy) is 2. The van der Waals surface area contributed by atoms with Crippen molar-refractivity contribution >= 4 is 17.4 Å². The molecule has 166 valence electrons. The van der Waals surface area contributed by atoms with Gasteiger partial charge in [0.15, 0.2) is 17.3 Å². The van der Waals surface area contributed by atoms with Crippen molar-refractivity contribution in [3.8, 4) is 22.6 Å². The lowest BCUT2D eigenvalue weighted by Crippen LogP contribution is -2.19. The molecule has 0 fully saturated rings. The lowest BCUT2D eigenvalue weighted by atomic mass is 10.0. The van der Waals surface area contributed by atoms with Crippen LogP contribution < -0.4 is 14.8 Å². The van der Waals surface area contributed by atoms with Crippen LogP contribution in [0, 0.1) is 0 Å². The molecule has 3 aromatic carbocycles. The quantitative estimate of drug-likeness (QED) is 0.494. The van der Waals surface area contributed by atoms with Crippen LogP contribution in [0.5, 0.6) is 11.5 Å². The second-order valence-corrected chi connectivity index (χ2v) is 7.68. The molecule has 0 saturated carbocycles. The summed E-state index contributed by atoms with van der Waals surface area (Å²) in [6.45, 7) is 2.82. The predicted octanol–water partition coefficient (Wildman–Crippen LogP) is 4.76. The number of hydrogen-bond donors (Lipinski definition) is 1. The third-order valence-corrected chi connectivity index (χ3v) is 4.99. The Morgan fingerprint density at radius 2 is 1.44 bits per heavy atom. The number of carbonyl (C=O) groups is 2. The molecule has 0 radical (unpaired) electrons. The van der Waals surface area contributed by atoms with Crippen LogP contribution in [0.4, 0.5) is 5.69 Å². The van der Waals surface area contributed by atoms with Gasteiger partial charge in [-0.15, -0.1) is 0 Å². The van der Waals surface area contributed by atoms with E-state index in [9.17, 15) is 9.59 Å². The molecule has 1 amide bonds. The number of Topliss-reactive ketones (excluding diaryl/α,β-unsaturated/α-hetero) is 1. The summed E-state index contributed by atoms with van der Waals surface area (Å²) in [6, 6.07) is 20.1. The van der Waals surface area contributed by atoms with Crippen molar-refractivity contribution in [2.75, 3.05) is 39.7 Å². The summed E-state index contributed by atoms with van der Waals surface area (Å²) in [4.78, 5) is 26.2. The van der Waals surface area contributed by atoms with Gasteiger partial charge in [-0.05, 0) is 56.4 Å². The van der Waals surface area contributed by atoms with Crippen LogP contribution in [0.1, 0.15) is 27.6 Å². The van der Waals surface area contributed by atoms with Crippen LogP contribution in [-0.2, 0) is 0 Å². The average Bonchev–Trinajstić information content (AvgIpc) is 2.79. The van der Waals surface area contributed by atoms with Crippen molar-refractivity contribution in [3.05, 3.63) is 77.9 Å². The molecule has 0 heterocycles. The van der Waals surface area contributed by atoms with Gasteiger partial charge >= 0.3 is 0 Å². The van der Waals surface area contributed by atoms with E-state index in [-0.39, 0.29) is 11.7 Å². The highest BCUT2D eigenvalue weighted by atomic mass is 16.5. The molecule has 6 nitrogen and oxygen atoms in total. The molecule has 1 N–H and O–H groups in total. The Morgan fingerprint density at radius 3 is 1.97 bits per heavy atom. The van der Waals surface area contributed by atoms with Crippen molar-refractivity contribution < 1.29 is 19.1 Å². The highest BCUT2D eigenvalue weighted by Crippen LogP contribution is 2.30. The standard InChI is InChI=1S/C26H28N2O4/c1-18(29)19-5-7-20(8-6-19)21-9-11-22(12-10-21)26(30)27-23-13-14-24(31-4)25(17-23)32-16-15-28(2)3/h5-14,17H,15-16H2,1-4H3,(H,27,30). The monoisotopic (exact) mass is 432 g/mol. The Morgan fingerprint density at radius 1 is 0.844 bits per heavy atom. The molecule has 0 unspecified atom stereocenters. The third kappa shape index (κ3) is 5.95. The molecular formula is C26H28N2O4. The van der Waals surface area contributed by atoms with E-state index in [2.05, 4.69) is 5.32 Å². The molecular weight excluding hydrogens is 404 g/mol. The van der Waals surface area contributed by atoms with E-state index in [4.69, 9.17) is 9.47 Å². The van der Waals surface area contributed by atoms with Gasteiger partial charge < -0.3 is 19.7 Å². The number of rotatable bonds is 9. The van der Waals surface area contributed by atoms with Crippen LogP contribution >= 0.6 is 0 Å². The zero-order valence-corrected chi connectivity index (χ0v) is 18.8. The first-order chi connectivity index (χ1) is 15.4. The lowest BCUT2D eigenvalue weighted by Gasteiger charge is -2.15. The summed E-state index contributed by atoms with van der Waals surface area (Å²) in [6.07, 6.45) is 0. The second-order valence-electron chi connectivity index (χ2n) is 7.68. The Labute approximate surface area is 188 Å². The van der Waals surface area contributed by atoms with Crippen LogP contribution in [-0.4, -0.2) is 50.9 Å². The maximum Gasteiger partial charge on any atom is 0.255 e. The molecule has 0 atom stereocenters. The molecule has 0 bridgehead atoms. The highest BCUT2D eigenvalue weighted by molar-refractivity contribution is 6.04. The number of nitrogens with one attached hydrogen (secondary N) is 1. The molecule has 0 aliphatic carbocycles. The van der Waals surface area contributed by atoms with Crippen LogP contribution in [0.15, 0.2) is 66.7 Å². The van der Waals surface area contributed by atoms with E-state index in [0.717, 1.165) is 17.7 Å². The second kappa shape index (κ2) is 10.6. The van der Waals surface area contributed by atoms with Gasteiger partial charge in [0.25, 0.3) is 5.91 Å². The van der Waals surface area contributed by atoms with E-state index in [1.165, 1.54) is 0 Å². The minimum absolute atomic E-state index is 0.0355. The van der Waals surface area contributed by atoms with Crippen molar-refractivity contribution in [2.45, 2.75) is 6.92 Å². The topological polar surface area (TPSA) is 67.9 Å². The Bertz CT molecular complexity index is 1070. The normalized spacial score (nSPS) is 10.7. The number of carbonyl (C=O) groups excluding carboxylic acids is 2. The number of ketones is 1. The minimum Gasteiger partial charge on any atom is -0.493 e. The van der Waals surface area contributed by atoms with E-state index >= 15 is 0 Å². The van der Waals surface area contributed by atoms with Gasteiger partial charge in [0.05, 0.1) is 7.11 Å².